The lowest BCUT2D eigenvalue weighted by molar-refractivity contribution is 0.126. The van der Waals surface area contributed by atoms with Crippen LogP contribution in [0.15, 0.2) is 30.3 Å². The fourth-order valence-electron chi connectivity index (χ4n) is 1.26. The van der Waals surface area contributed by atoms with Crippen molar-refractivity contribution in [2.75, 3.05) is 11.9 Å². The molecule has 1 N–H and O–H groups in total. The summed E-state index contributed by atoms with van der Waals surface area (Å²) in [6, 6.07) is 9.90. The average molecular weight is 179 g/mol. The monoisotopic (exact) mass is 179 g/mol. The molecule has 72 valence electrons. The van der Waals surface area contributed by atoms with E-state index in [1.54, 1.807) is 0 Å². The first-order chi connectivity index (χ1) is 6.13. The zero-order valence-corrected chi connectivity index (χ0v) is 8.44. The molecule has 0 saturated carbocycles. The van der Waals surface area contributed by atoms with Gasteiger partial charge in [-0.2, -0.15) is 0 Å². The molecule has 13 heavy (non-hydrogen) atoms. The van der Waals surface area contributed by atoms with Crippen LogP contribution in [-0.2, 0) is 0 Å². The van der Waals surface area contributed by atoms with Crippen LogP contribution in [-0.4, -0.2) is 18.4 Å². The van der Waals surface area contributed by atoms with E-state index in [9.17, 15) is 5.11 Å². The minimum absolute atomic E-state index is 0.241. The van der Waals surface area contributed by atoms with Gasteiger partial charge in [-0.1, -0.05) is 32.0 Å². The normalized spacial score (nSPS) is 13.0. The quantitative estimate of drug-likeness (QED) is 0.718. The molecule has 0 fully saturated rings. The number of anilines is 1. The van der Waals surface area contributed by atoms with E-state index in [0.29, 0.717) is 0 Å². The highest BCUT2D eigenvalue weighted by Gasteiger charge is 2.14. The summed E-state index contributed by atoms with van der Waals surface area (Å²) >= 11 is 0. The van der Waals surface area contributed by atoms with Crippen LogP contribution < -0.4 is 4.90 Å². The van der Waals surface area contributed by atoms with Crippen molar-refractivity contribution in [3.05, 3.63) is 30.3 Å². The van der Waals surface area contributed by atoms with Gasteiger partial charge in [0.2, 0.25) is 0 Å². The molecule has 1 rings (SSSR count). The van der Waals surface area contributed by atoms with E-state index in [1.807, 2.05) is 56.1 Å². The minimum atomic E-state index is -0.414. The molecule has 0 aliphatic carbocycles. The second-order valence-electron chi connectivity index (χ2n) is 3.60. The summed E-state index contributed by atoms with van der Waals surface area (Å²) in [6.45, 7) is 4.01. The van der Waals surface area contributed by atoms with Crippen molar-refractivity contribution in [2.24, 2.45) is 5.92 Å². The van der Waals surface area contributed by atoms with E-state index in [4.69, 9.17) is 0 Å². The first-order valence-corrected chi connectivity index (χ1v) is 4.59. The van der Waals surface area contributed by atoms with E-state index < -0.39 is 6.23 Å². The maximum absolute atomic E-state index is 9.77. The molecule has 0 saturated heterocycles. The van der Waals surface area contributed by atoms with E-state index in [-0.39, 0.29) is 5.92 Å². The maximum atomic E-state index is 9.77. The first-order valence-electron chi connectivity index (χ1n) is 4.59. The highest BCUT2D eigenvalue weighted by atomic mass is 16.3. The Bertz CT molecular complexity index is 246. The molecule has 1 aromatic carbocycles. The Kier molecular flexibility index (Phi) is 3.32. The molecule has 0 aliphatic rings. The fraction of sp³-hybridized carbons (Fsp3) is 0.455. The summed E-state index contributed by atoms with van der Waals surface area (Å²) in [6.07, 6.45) is -0.414. The average Bonchev–Trinajstić information content (AvgIpc) is 2.17. The zero-order chi connectivity index (χ0) is 9.84. The molecule has 0 heterocycles. The number of hydrogen-bond acceptors (Lipinski definition) is 2. The molecule has 2 heteroatoms. The predicted octanol–water partition coefficient (Wildman–Crippen LogP) is 2.10. The summed E-state index contributed by atoms with van der Waals surface area (Å²) in [5.74, 6) is 0.241. The van der Waals surface area contributed by atoms with Gasteiger partial charge in [-0.15, -0.1) is 0 Å². The number of aliphatic hydroxyl groups excluding tert-OH is 1. The Labute approximate surface area is 79.8 Å². The Morgan fingerprint density at radius 1 is 1.15 bits per heavy atom. The molecule has 2 nitrogen and oxygen atoms in total. The summed E-state index contributed by atoms with van der Waals surface area (Å²) < 4.78 is 0. The summed E-state index contributed by atoms with van der Waals surface area (Å²) in [7, 11) is 1.90. The third kappa shape index (κ3) is 2.46. The van der Waals surface area contributed by atoms with Crippen molar-refractivity contribution in [3.63, 3.8) is 0 Å². The number of benzene rings is 1. The van der Waals surface area contributed by atoms with Crippen LogP contribution in [0.25, 0.3) is 0 Å². The Morgan fingerprint density at radius 2 is 1.69 bits per heavy atom. The van der Waals surface area contributed by atoms with Gasteiger partial charge in [0.25, 0.3) is 0 Å². The molecule has 0 aliphatic heterocycles. The van der Waals surface area contributed by atoms with Crippen LogP contribution >= 0.6 is 0 Å². The Balaban J connectivity index is 2.73. The molecule has 0 spiro atoms. The molecule has 1 unspecified atom stereocenters. The SMILES string of the molecule is CC(C)C(O)N(C)c1ccccc1. The van der Waals surface area contributed by atoms with Crippen molar-refractivity contribution in [1.82, 2.24) is 0 Å². The van der Waals surface area contributed by atoms with Crippen LogP contribution in [0.5, 0.6) is 0 Å². The number of hydrogen-bond donors (Lipinski definition) is 1. The van der Waals surface area contributed by atoms with Gasteiger partial charge in [-0.25, -0.2) is 0 Å². The van der Waals surface area contributed by atoms with Crippen molar-refractivity contribution in [3.8, 4) is 0 Å². The van der Waals surface area contributed by atoms with Crippen molar-refractivity contribution in [2.45, 2.75) is 20.1 Å². The largest absolute Gasteiger partial charge is 0.373 e. The smallest absolute Gasteiger partial charge is 0.128 e. The molecule has 0 aromatic heterocycles. The topological polar surface area (TPSA) is 23.5 Å². The molecule has 1 aromatic rings. The van der Waals surface area contributed by atoms with Crippen LogP contribution in [0.3, 0.4) is 0 Å². The Morgan fingerprint density at radius 3 is 2.15 bits per heavy atom. The van der Waals surface area contributed by atoms with Crippen LogP contribution in [0.1, 0.15) is 13.8 Å². The highest BCUT2D eigenvalue weighted by Crippen LogP contribution is 2.16. The van der Waals surface area contributed by atoms with E-state index in [2.05, 4.69) is 0 Å². The molecule has 0 amide bonds. The van der Waals surface area contributed by atoms with Gasteiger partial charge in [0, 0.05) is 12.7 Å². The molecular formula is C11H17NO. The fourth-order valence-corrected chi connectivity index (χ4v) is 1.26. The third-order valence-electron chi connectivity index (χ3n) is 2.16. The van der Waals surface area contributed by atoms with Crippen molar-refractivity contribution in [1.29, 1.82) is 0 Å². The van der Waals surface area contributed by atoms with Crippen LogP contribution in [0, 0.1) is 5.92 Å². The van der Waals surface area contributed by atoms with Gasteiger partial charge < -0.3 is 10.0 Å². The van der Waals surface area contributed by atoms with Gasteiger partial charge in [0.1, 0.15) is 6.23 Å². The van der Waals surface area contributed by atoms with Gasteiger partial charge in [0.05, 0.1) is 0 Å². The van der Waals surface area contributed by atoms with Crippen molar-refractivity contribution >= 4 is 5.69 Å². The van der Waals surface area contributed by atoms with Gasteiger partial charge >= 0.3 is 0 Å². The van der Waals surface area contributed by atoms with E-state index in [0.717, 1.165) is 5.69 Å². The molecule has 1 atom stereocenters. The third-order valence-corrected chi connectivity index (χ3v) is 2.16. The maximum Gasteiger partial charge on any atom is 0.128 e. The highest BCUT2D eigenvalue weighted by molar-refractivity contribution is 5.45. The van der Waals surface area contributed by atoms with Crippen LogP contribution in [0.2, 0.25) is 0 Å². The summed E-state index contributed by atoms with van der Waals surface area (Å²) in [4.78, 5) is 1.88. The lowest BCUT2D eigenvalue weighted by Crippen LogP contribution is -2.35. The van der Waals surface area contributed by atoms with Gasteiger partial charge in [-0.3, -0.25) is 0 Å². The lowest BCUT2D eigenvalue weighted by atomic mass is 10.1. The molecule has 0 bridgehead atoms. The van der Waals surface area contributed by atoms with E-state index >= 15 is 0 Å². The van der Waals surface area contributed by atoms with Gasteiger partial charge in [0.15, 0.2) is 0 Å². The summed E-state index contributed by atoms with van der Waals surface area (Å²) in [5.41, 5.74) is 1.05. The molecular weight excluding hydrogens is 162 g/mol. The van der Waals surface area contributed by atoms with Gasteiger partial charge in [-0.05, 0) is 18.1 Å². The number of nitrogens with zero attached hydrogens (tertiary/aromatic N) is 1. The number of rotatable bonds is 3. The minimum Gasteiger partial charge on any atom is -0.373 e. The zero-order valence-electron chi connectivity index (χ0n) is 8.44. The summed E-state index contributed by atoms with van der Waals surface area (Å²) in [5, 5.41) is 9.77. The predicted molar refractivity (Wildman–Crippen MR) is 55.7 cm³/mol. The second-order valence-corrected chi connectivity index (χ2v) is 3.60. The van der Waals surface area contributed by atoms with E-state index in [1.165, 1.54) is 0 Å². The van der Waals surface area contributed by atoms with Crippen molar-refractivity contribution < 1.29 is 5.11 Å². The van der Waals surface area contributed by atoms with Crippen LogP contribution in [0.4, 0.5) is 5.69 Å². The lowest BCUT2D eigenvalue weighted by Gasteiger charge is -2.28. The number of para-hydroxylation sites is 1. The first kappa shape index (κ1) is 10.1. The standard InChI is InChI=1S/C11H17NO/c1-9(2)11(13)12(3)10-7-5-4-6-8-10/h4-9,11,13H,1-3H3. The number of aliphatic hydroxyl groups is 1. The molecule has 0 radical (unpaired) electrons. The second kappa shape index (κ2) is 4.28. The Hall–Kier alpha value is -1.02.